The number of nitrogens with one attached hydrogen (secondary N) is 1. The van der Waals surface area contributed by atoms with Crippen LogP contribution in [0.4, 0.5) is 5.82 Å². The van der Waals surface area contributed by atoms with Crippen molar-refractivity contribution >= 4 is 5.82 Å². The molecule has 0 radical (unpaired) electrons. The second kappa shape index (κ2) is 6.36. The van der Waals surface area contributed by atoms with Gasteiger partial charge in [0.15, 0.2) is 0 Å². The van der Waals surface area contributed by atoms with E-state index in [1.807, 2.05) is 0 Å². The first kappa shape index (κ1) is 14.8. The summed E-state index contributed by atoms with van der Waals surface area (Å²) in [5.41, 5.74) is 5.17. The summed E-state index contributed by atoms with van der Waals surface area (Å²) >= 11 is 0. The number of rotatable bonds is 4. The number of hydrogen-bond acceptors (Lipinski definition) is 3. The molecule has 1 fully saturated rings. The predicted molar refractivity (Wildman–Crippen MR) is 94.5 cm³/mol. The molecule has 2 aromatic rings. The largest absolute Gasteiger partial charge is 0.369 e. The molecule has 4 nitrogen and oxygen atoms in total. The van der Waals surface area contributed by atoms with E-state index in [1.54, 1.807) is 0 Å². The van der Waals surface area contributed by atoms with E-state index < -0.39 is 0 Å². The molecule has 1 aromatic heterocycles. The average Bonchev–Trinajstić information content (AvgIpc) is 3.17. The monoisotopic (exact) mass is 310 g/mol. The average molecular weight is 310 g/mol. The number of aromatic nitrogens is 2. The lowest BCUT2D eigenvalue weighted by molar-refractivity contribution is 0.230. The number of benzene rings is 1. The van der Waals surface area contributed by atoms with Gasteiger partial charge < -0.3 is 10.2 Å². The third kappa shape index (κ3) is 3.00. The molecule has 122 valence electrons. The van der Waals surface area contributed by atoms with Crippen LogP contribution in [0.2, 0.25) is 0 Å². The van der Waals surface area contributed by atoms with Crippen molar-refractivity contribution in [1.82, 2.24) is 14.7 Å². The van der Waals surface area contributed by atoms with Crippen molar-refractivity contribution < 1.29 is 0 Å². The van der Waals surface area contributed by atoms with E-state index in [0.717, 1.165) is 25.9 Å². The lowest BCUT2D eigenvalue weighted by atomic mass is 10.1. The molecule has 3 heterocycles. The minimum absolute atomic E-state index is 1.04. The van der Waals surface area contributed by atoms with Gasteiger partial charge in [-0.05, 0) is 57.0 Å². The molecule has 23 heavy (non-hydrogen) atoms. The highest BCUT2D eigenvalue weighted by atomic mass is 15.3. The summed E-state index contributed by atoms with van der Waals surface area (Å²) in [6, 6.07) is 8.61. The second-order valence-corrected chi connectivity index (χ2v) is 6.85. The van der Waals surface area contributed by atoms with Gasteiger partial charge in [0.25, 0.3) is 0 Å². The maximum absolute atomic E-state index is 4.96. The van der Waals surface area contributed by atoms with Crippen LogP contribution in [0.15, 0.2) is 24.3 Å². The highest BCUT2D eigenvalue weighted by Crippen LogP contribution is 2.29. The van der Waals surface area contributed by atoms with E-state index in [4.69, 9.17) is 5.10 Å². The third-order valence-electron chi connectivity index (χ3n) is 5.09. The van der Waals surface area contributed by atoms with Crippen LogP contribution in [0.1, 0.15) is 36.1 Å². The van der Waals surface area contributed by atoms with Gasteiger partial charge in [0.05, 0.1) is 11.4 Å². The van der Waals surface area contributed by atoms with Gasteiger partial charge in [-0.15, -0.1) is 0 Å². The van der Waals surface area contributed by atoms with Crippen molar-refractivity contribution in [2.75, 3.05) is 31.5 Å². The number of fused-ring (bicyclic) bond motifs is 1. The van der Waals surface area contributed by atoms with Crippen molar-refractivity contribution in [3.63, 3.8) is 0 Å². The molecule has 0 aliphatic carbocycles. The molecular formula is C19H26N4. The Bertz CT molecular complexity index is 683. The first-order valence-electron chi connectivity index (χ1n) is 8.95. The highest BCUT2D eigenvalue weighted by molar-refractivity contribution is 5.57. The Hall–Kier alpha value is -1.81. The molecule has 4 heteroatoms. The summed E-state index contributed by atoms with van der Waals surface area (Å²) in [6.45, 7) is 6.85. The summed E-state index contributed by atoms with van der Waals surface area (Å²) < 4.78 is 2.11. The normalized spacial score (nSPS) is 18.0. The Morgan fingerprint density at radius 2 is 2.04 bits per heavy atom. The predicted octanol–water partition coefficient (Wildman–Crippen LogP) is 3.18. The smallest absolute Gasteiger partial charge is 0.133 e. The van der Waals surface area contributed by atoms with Crippen LogP contribution in [0, 0.1) is 6.92 Å². The first-order chi connectivity index (χ1) is 11.3. The van der Waals surface area contributed by atoms with Crippen LogP contribution in [-0.2, 0) is 12.8 Å². The number of likely N-dealkylation sites (tertiary alicyclic amines) is 1. The van der Waals surface area contributed by atoms with Crippen molar-refractivity contribution in [2.24, 2.45) is 0 Å². The van der Waals surface area contributed by atoms with Gasteiger partial charge in [-0.25, -0.2) is 4.68 Å². The molecule has 0 unspecified atom stereocenters. The number of piperidine rings is 1. The minimum Gasteiger partial charge on any atom is -0.369 e. The fraction of sp³-hybridized carbons (Fsp3) is 0.526. The van der Waals surface area contributed by atoms with Crippen LogP contribution >= 0.6 is 0 Å². The van der Waals surface area contributed by atoms with E-state index >= 15 is 0 Å². The van der Waals surface area contributed by atoms with E-state index in [-0.39, 0.29) is 0 Å². The number of hydrogen-bond donors (Lipinski definition) is 1. The zero-order valence-corrected chi connectivity index (χ0v) is 14.0. The van der Waals surface area contributed by atoms with Crippen LogP contribution < -0.4 is 5.32 Å². The van der Waals surface area contributed by atoms with E-state index in [2.05, 4.69) is 46.1 Å². The van der Waals surface area contributed by atoms with Gasteiger partial charge in [-0.1, -0.05) is 18.6 Å². The van der Waals surface area contributed by atoms with Crippen molar-refractivity contribution in [3.8, 4) is 5.69 Å². The Labute approximate surface area is 138 Å². The quantitative estimate of drug-likeness (QED) is 0.941. The SMILES string of the molecule is Cc1cccc(-n2nc(CCN3CCCCC3)c3c2NCC3)c1. The molecule has 2 aliphatic heterocycles. The molecule has 4 rings (SSSR count). The van der Waals surface area contributed by atoms with Crippen molar-refractivity contribution in [2.45, 2.75) is 39.0 Å². The van der Waals surface area contributed by atoms with E-state index in [1.165, 1.54) is 60.7 Å². The van der Waals surface area contributed by atoms with Crippen LogP contribution in [0.5, 0.6) is 0 Å². The molecular weight excluding hydrogens is 284 g/mol. The first-order valence-corrected chi connectivity index (χ1v) is 8.95. The van der Waals surface area contributed by atoms with Crippen molar-refractivity contribution in [1.29, 1.82) is 0 Å². The summed E-state index contributed by atoms with van der Waals surface area (Å²) in [7, 11) is 0. The lowest BCUT2D eigenvalue weighted by Gasteiger charge is -2.26. The Balaban J connectivity index is 1.57. The third-order valence-corrected chi connectivity index (χ3v) is 5.09. The Kier molecular flexibility index (Phi) is 4.08. The fourth-order valence-electron chi connectivity index (χ4n) is 3.84. The molecule has 2 aliphatic rings. The Morgan fingerprint density at radius 1 is 1.17 bits per heavy atom. The van der Waals surface area contributed by atoms with Gasteiger partial charge in [0.1, 0.15) is 5.82 Å². The standard InChI is InChI=1S/C19H26N4/c1-15-6-5-7-16(14-15)23-19-17(8-10-20-19)18(21-23)9-13-22-11-3-2-4-12-22/h5-7,14,20H,2-4,8-13H2,1H3. The summed E-state index contributed by atoms with van der Waals surface area (Å²) in [5, 5.41) is 8.49. The summed E-state index contributed by atoms with van der Waals surface area (Å²) in [6.07, 6.45) is 6.30. The zero-order valence-electron chi connectivity index (χ0n) is 14.0. The molecule has 1 saturated heterocycles. The molecule has 0 spiro atoms. The summed E-state index contributed by atoms with van der Waals surface area (Å²) in [4.78, 5) is 2.60. The fourth-order valence-corrected chi connectivity index (χ4v) is 3.84. The summed E-state index contributed by atoms with van der Waals surface area (Å²) in [5.74, 6) is 1.21. The minimum atomic E-state index is 1.04. The van der Waals surface area contributed by atoms with Gasteiger partial charge in [0.2, 0.25) is 0 Å². The molecule has 0 bridgehead atoms. The number of nitrogens with zero attached hydrogens (tertiary/aromatic N) is 3. The van der Waals surface area contributed by atoms with Gasteiger partial charge in [-0.3, -0.25) is 0 Å². The highest BCUT2D eigenvalue weighted by Gasteiger charge is 2.23. The van der Waals surface area contributed by atoms with Gasteiger partial charge in [-0.2, -0.15) is 5.10 Å². The molecule has 0 atom stereocenters. The van der Waals surface area contributed by atoms with E-state index in [9.17, 15) is 0 Å². The van der Waals surface area contributed by atoms with Crippen molar-refractivity contribution in [3.05, 3.63) is 41.1 Å². The Morgan fingerprint density at radius 3 is 2.87 bits per heavy atom. The molecule has 0 amide bonds. The lowest BCUT2D eigenvalue weighted by Crippen LogP contribution is -2.31. The maximum Gasteiger partial charge on any atom is 0.133 e. The second-order valence-electron chi connectivity index (χ2n) is 6.85. The zero-order chi connectivity index (χ0) is 15.6. The number of anilines is 1. The number of aryl methyl sites for hydroxylation is 1. The molecule has 1 aromatic carbocycles. The molecule has 0 saturated carbocycles. The maximum atomic E-state index is 4.96. The van der Waals surface area contributed by atoms with Crippen LogP contribution in [-0.4, -0.2) is 40.9 Å². The topological polar surface area (TPSA) is 33.1 Å². The van der Waals surface area contributed by atoms with Crippen LogP contribution in [0.3, 0.4) is 0 Å². The molecule has 1 N–H and O–H groups in total. The van der Waals surface area contributed by atoms with Gasteiger partial charge >= 0.3 is 0 Å². The van der Waals surface area contributed by atoms with Gasteiger partial charge in [0, 0.05) is 25.1 Å². The van der Waals surface area contributed by atoms with E-state index in [0.29, 0.717) is 0 Å². The van der Waals surface area contributed by atoms with Crippen LogP contribution in [0.25, 0.3) is 5.69 Å².